The lowest BCUT2D eigenvalue weighted by Gasteiger charge is -2.11. The summed E-state index contributed by atoms with van der Waals surface area (Å²) in [5.74, 6) is -1.27. The molecule has 0 fully saturated rings. The molecule has 7 nitrogen and oxygen atoms in total. The molecule has 2 aromatic carbocycles. The number of anilines is 1. The van der Waals surface area contributed by atoms with Crippen LogP contribution in [0.3, 0.4) is 0 Å². The van der Waals surface area contributed by atoms with Crippen molar-refractivity contribution in [1.82, 2.24) is 16.2 Å². The van der Waals surface area contributed by atoms with Gasteiger partial charge in [0.2, 0.25) is 11.8 Å². The van der Waals surface area contributed by atoms with Crippen LogP contribution in [0.25, 0.3) is 0 Å². The number of carbonyl (C=O) groups excluding carboxylic acids is 3. The zero-order valence-electron chi connectivity index (χ0n) is 15.3. The number of benzene rings is 2. The van der Waals surface area contributed by atoms with Crippen LogP contribution in [0.4, 0.5) is 5.69 Å². The van der Waals surface area contributed by atoms with Gasteiger partial charge in [0.25, 0.3) is 5.91 Å². The van der Waals surface area contributed by atoms with Gasteiger partial charge in [0.1, 0.15) is 0 Å². The number of rotatable bonds is 5. The molecule has 0 unspecified atom stereocenters. The van der Waals surface area contributed by atoms with E-state index in [1.54, 1.807) is 30.3 Å². The highest BCUT2D eigenvalue weighted by molar-refractivity contribution is 7.80. The Balaban J connectivity index is 1.71. The zero-order valence-corrected chi connectivity index (χ0v) is 17.7. The summed E-state index contributed by atoms with van der Waals surface area (Å²) in [5.41, 5.74) is 6.52. The molecule has 0 aliphatic rings. The Hall–Kier alpha value is -2.68. The summed E-state index contributed by atoms with van der Waals surface area (Å²) in [6.45, 7) is 1.87. The molecule has 0 aliphatic heterocycles. The maximum absolute atomic E-state index is 12.1. The second-order valence-electron chi connectivity index (χ2n) is 6.00. The average molecular weight is 453 g/mol. The normalized spacial score (nSPS) is 10.0. The van der Waals surface area contributed by atoms with Crippen molar-refractivity contribution in [3.63, 3.8) is 0 Å². The molecule has 152 valence electrons. The van der Waals surface area contributed by atoms with Gasteiger partial charge in [-0.15, -0.1) is 0 Å². The number of thiocarbonyl (C=S) groups is 1. The lowest BCUT2D eigenvalue weighted by Crippen LogP contribution is -2.48. The number of hydrazine groups is 1. The Morgan fingerprint density at radius 1 is 0.966 bits per heavy atom. The van der Waals surface area contributed by atoms with Gasteiger partial charge in [0, 0.05) is 23.4 Å². The zero-order chi connectivity index (χ0) is 21.4. The summed E-state index contributed by atoms with van der Waals surface area (Å²) >= 11 is 16.7. The third kappa shape index (κ3) is 7.69. The summed E-state index contributed by atoms with van der Waals surface area (Å²) in [6.07, 6.45) is -0.173. The highest BCUT2D eigenvalue weighted by atomic mass is 35.5. The van der Waals surface area contributed by atoms with E-state index in [-0.39, 0.29) is 23.9 Å². The molecule has 3 amide bonds. The van der Waals surface area contributed by atoms with Crippen molar-refractivity contribution < 1.29 is 14.4 Å². The molecule has 0 saturated carbocycles. The largest absolute Gasteiger partial charge is 0.325 e. The minimum Gasteiger partial charge on any atom is -0.325 e. The molecular weight excluding hydrogens is 435 g/mol. The first kappa shape index (κ1) is 22.6. The van der Waals surface area contributed by atoms with Gasteiger partial charge in [-0.3, -0.25) is 30.6 Å². The van der Waals surface area contributed by atoms with Crippen LogP contribution in [-0.4, -0.2) is 22.8 Å². The lowest BCUT2D eigenvalue weighted by molar-refractivity contribution is -0.124. The third-order valence-corrected chi connectivity index (χ3v) is 4.36. The van der Waals surface area contributed by atoms with Gasteiger partial charge in [-0.2, -0.15) is 0 Å². The number of amides is 3. The number of carbonyl (C=O) groups is 3. The smallest absolute Gasteiger partial charge is 0.257 e. The molecule has 10 heteroatoms. The van der Waals surface area contributed by atoms with Crippen LogP contribution in [-0.2, 0) is 9.59 Å². The number of hydrogen-bond donors (Lipinski definition) is 4. The second kappa shape index (κ2) is 10.8. The van der Waals surface area contributed by atoms with Crippen LogP contribution in [0.5, 0.6) is 0 Å². The molecule has 0 bridgehead atoms. The van der Waals surface area contributed by atoms with Crippen LogP contribution < -0.4 is 21.5 Å². The monoisotopic (exact) mass is 452 g/mol. The van der Waals surface area contributed by atoms with E-state index in [1.807, 2.05) is 13.0 Å². The van der Waals surface area contributed by atoms with Gasteiger partial charge in [0.05, 0.1) is 10.7 Å². The Morgan fingerprint density at radius 2 is 1.69 bits per heavy atom. The fraction of sp³-hybridized carbons (Fsp3) is 0.158. The molecule has 0 radical (unpaired) electrons. The van der Waals surface area contributed by atoms with E-state index in [9.17, 15) is 14.4 Å². The Morgan fingerprint density at radius 3 is 2.38 bits per heavy atom. The van der Waals surface area contributed by atoms with E-state index >= 15 is 0 Å². The number of nitrogens with one attached hydrogen (secondary N) is 4. The average Bonchev–Trinajstić information content (AvgIpc) is 2.67. The standard InChI is InChI=1S/C19H18Cl2N4O3S/c1-11-3-2-4-12(9-11)18(28)23-19(29)25-24-17(27)8-7-16(26)22-15-6-5-13(20)10-14(15)21/h2-6,9-10H,7-8H2,1H3,(H,22,26)(H,24,27)(H2,23,25,28,29). The Labute approximate surface area is 183 Å². The first-order valence-electron chi connectivity index (χ1n) is 8.46. The van der Waals surface area contributed by atoms with E-state index in [4.69, 9.17) is 35.4 Å². The van der Waals surface area contributed by atoms with E-state index in [2.05, 4.69) is 21.5 Å². The second-order valence-corrected chi connectivity index (χ2v) is 7.25. The lowest BCUT2D eigenvalue weighted by atomic mass is 10.1. The van der Waals surface area contributed by atoms with Crippen molar-refractivity contribution in [2.24, 2.45) is 0 Å². The Kier molecular flexibility index (Phi) is 8.38. The topological polar surface area (TPSA) is 99.3 Å². The number of halogens is 2. The van der Waals surface area contributed by atoms with Crippen molar-refractivity contribution in [3.05, 3.63) is 63.6 Å². The summed E-state index contributed by atoms with van der Waals surface area (Å²) in [5, 5.41) is 5.72. The molecule has 2 aromatic rings. The van der Waals surface area contributed by atoms with E-state index in [1.165, 1.54) is 6.07 Å². The van der Waals surface area contributed by atoms with Crippen molar-refractivity contribution in [2.45, 2.75) is 19.8 Å². The van der Waals surface area contributed by atoms with Crippen LogP contribution in [0.1, 0.15) is 28.8 Å². The summed E-state index contributed by atoms with van der Waals surface area (Å²) in [7, 11) is 0. The summed E-state index contributed by atoms with van der Waals surface area (Å²) in [4.78, 5) is 35.8. The highest BCUT2D eigenvalue weighted by Gasteiger charge is 2.11. The van der Waals surface area contributed by atoms with Crippen molar-refractivity contribution in [2.75, 3.05) is 5.32 Å². The molecule has 0 aliphatic carbocycles. The molecule has 0 saturated heterocycles. The summed E-state index contributed by atoms with van der Waals surface area (Å²) in [6, 6.07) is 11.6. The number of hydrogen-bond acceptors (Lipinski definition) is 4. The van der Waals surface area contributed by atoms with E-state index in [0.717, 1.165) is 5.56 Å². The number of aryl methyl sites for hydroxylation is 1. The SMILES string of the molecule is Cc1cccc(C(=O)NC(=S)NNC(=O)CCC(=O)Nc2ccc(Cl)cc2Cl)c1. The first-order valence-corrected chi connectivity index (χ1v) is 9.63. The first-order chi connectivity index (χ1) is 13.7. The molecule has 29 heavy (non-hydrogen) atoms. The summed E-state index contributed by atoms with van der Waals surface area (Å²) < 4.78 is 0. The minimum absolute atomic E-state index is 0.0674. The quantitative estimate of drug-likeness (QED) is 0.411. The molecular formula is C19H18Cl2N4O3S. The van der Waals surface area contributed by atoms with Crippen LogP contribution in [0, 0.1) is 6.92 Å². The predicted octanol–water partition coefficient (Wildman–Crippen LogP) is 3.36. The van der Waals surface area contributed by atoms with Gasteiger partial charge in [-0.05, 0) is 49.5 Å². The molecule has 0 heterocycles. The molecule has 0 aromatic heterocycles. The third-order valence-electron chi connectivity index (χ3n) is 3.61. The van der Waals surface area contributed by atoms with Gasteiger partial charge in [0.15, 0.2) is 5.11 Å². The molecule has 4 N–H and O–H groups in total. The maximum Gasteiger partial charge on any atom is 0.257 e. The van der Waals surface area contributed by atoms with Crippen LogP contribution in [0.2, 0.25) is 10.0 Å². The van der Waals surface area contributed by atoms with Gasteiger partial charge < -0.3 is 5.32 Å². The van der Waals surface area contributed by atoms with Crippen molar-refractivity contribution in [3.8, 4) is 0 Å². The maximum atomic E-state index is 12.1. The van der Waals surface area contributed by atoms with E-state index in [0.29, 0.717) is 21.3 Å². The molecule has 0 atom stereocenters. The van der Waals surface area contributed by atoms with Crippen molar-refractivity contribution >= 4 is 63.9 Å². The van der Waals surface area contributed by atoms with Gasteiger partial charge in [-0.1, -0.05) is 40.9 Å². The fourth-order valence-electron chi connectivity index (χ4n) is 2.21. The molecule has 2 rings (SSSR count). The minimum atomic E-state index is -0.477. The Bertz CT molecular complexity index is 953. The van der Waals surface area contributed by atoms with E-state index < -0.39 is 11.8 Å². The fourth-order valence-corrected chi connectivity index (χ4v) is 2.81. The predicted molar refractivity (Wildman–Crippen MR) is 117 cm³/mol. The highest BCUT2D eigenvalue weighted by Crippen LogP contribution is 2.25. The van der Waals surface area contributed by atoms with Crippen LogP contribution in [0.15, 0.2) is 42.5 Å². The van der Waals surface area contributed by atoms with Crippen LogP contribution >= 0.6 is 35.4 Å². The molecule has 0 spiro atoms. The van der Waals surface area contributed by atoms with Gasteiger partial charge >= 0.3 is 0 Å². The van der Waals surface area contributed by atoms with Gasteiger partial charge in [-0.25, -0.2) is 0 Å². The van der Waals surface area contributed by atoms with Crippen molar-refractivity contribution in [1.29, 1.82) is 0 Å².